The van der Waals surface area contributed by atoms with Gasteiger partial charge in [0, 0.05) is 21.5 Å². The van der Waals surface area contributed by atoms with Crippen molar-refractivity contribution in [3.63, 3.8) is 0 Å². The Hall–Kier alpha value is -3.25. The van der Waals surface area contributed by atoms with E-state index in [1.54, 1.807) is 36.4 Å². The molecule has 1 heterocycles. The van der Waals surface area contributed by atoms with Gasteiger partial charge in [0.15, 0.2) is 0 Å². The van der Waals surface area contributed by atoms with Crippen LogP contribution in [0.15, 0.2) is 66.7 Å². The fourth-order valence-electron chi connectivity index (χ4n) is 3.06. The van der Waals surface area contributed by atoms with Gasteiger partial charge in [0.25, 0.3) is 6.43 Å². The molecule has 4 aromatic rings. The quantitative estimate of drug-likeness (QED) is 0.434. The normalized spacial score (nSPS) is 11.2. The van der Waals surface area contributed by atoms with Gasteiger partial charge in [0.05, 0.1) is 11.2 Å². The first-order chi connectivity index (χ1) is 14.0. The van der Waals surface area contributed by atoms with Crippen LogP contribution in [0, 0.1) is 0 Å². The number of rotatable bonds is 5. The van der Waals surface area contributed by atoms with Crippen LogP contribution < -0.4 is 10.5 Å². The monoisotopic (exact) mass is 411 g/mol. The Morgan fingerprint density at radius 2 is 1.79 bits per heavy atom. The lowest BCUT2D eigenvalue weighted by molar-refractivity contribution is 0.151. The van der Waals surface area contributed by atoms with Crippen molar-refractivity contribution in [2.45, 2.75) is 13.0 Å². The smallest absolute Gasteiger partial charge is 0.263 e. The predicted molar refractivity (Wildman–Crippen MR) is 110 cm³/mol. The van der Waals surface area contributed by atoms with E-state index in [-0.39, 0.29) is 18.1 Å². The molecule has 0 radical (unpaired) electrons. The molecule has 7 heteroatoms. The minimum atomic E-state index is -2.51. The van der Waals surface area contributed by atoms with Crippen LogP contribution in [0.25, 0.3) is 22.2 Å². The molecule has 1 aromatic heterocycles. The van der Waals surface area contributed by atoms with Crippen molar-refractivity contribution < 1.29 is 13.5 Å². The summed E-state index contributed by atoms with van der Waals surface area (Å²) in [5.41, 5.74) is 8.61. The summed E-state index contributed by atoms with van der Waals surface area (Å²) in [4.78, 5) is 8.61. The first-order valence-corrected chi connectivity index (χ1v) is 9.20. The molecule has 2 N–H and O–H groups in total. The summed E-state index contributed by atoms with van der Waals surface area (Å²) in [5, 5.41) is 1.34. The number of nitrogens with zero attached hydrogens (tertiary/aromatic N) is 2. The number of aromatic nitrogens is 2. The zero-order valence-electron chi connectivity index (χ0n) is 15.1. The predicted octanol–water partition coefficient (Wildman–Crippen LogP) is 6.05. The summed E-state index contributed by atoms with van der Waals surface area (Å²) >= 11 is 6.14. The van der Waals surface area contributed by atoms with Gasteiger partial charge >= 0.3 is 0 Å². The molecule has 0 aliphatic carbocycles. The highest BCUT2D eigenvalue weighted by Crippen LogP contribution is 2.31. The number of hydrogen-bond donors (Lipinski definition) is 1. The van der Waals surface area contributed by atoms with Crippen LogP contribution in [-0.2, 0) is 6.61 Å². The van der Waals surface area contributed by atoms with Crippen molar-refractivity contribution in [2.75, 3.05) is 5.73 Å². The summed E-state index contributed by atoms with van der Waals surface area (Å²) in [6.07, 6.45) is -2.51. The second kappa shape index (κ2) is 8.01. The van der Waals surface area contributed by atoms with Crippen LogP contribution in [0.4, 0.5) is 14.7 Å². The van der Waals surface area contributed by atoms with E-state index in [1.807, 2.05) is 18.2 Å². The van der Waals surface area contributed by atoms with Gasteiger partial charge in [-0.15, -0.1) is 0 Å². The van der Waals surface area contributed by atoms with Crippen molar-refractivity contribution in [1.82, 2.24) is 9.97 Å². The Bertz CT molecular complexity index is 1180. The van der Waals surface area contributed by atoms with E-state index in [9.17, 15) is 8.78 Å². The van der Waals surface area contributed by atoms with Gasteiger partial charge in [-0.25, -0.2) is 18.7 Å². The van der Waals surface area contributed by atoms with Crippen molar-refractivity contribution in [1.29, 1.82) is 0 Å². The molecule has 4 nitrogen and oxygen atoms in total. The maximum absolute atomic E-state index is 12.9. The fraction of sp³-hybridized carbons (Fsp3) is 0.0909. The lowest BCUT2D eigenvalue weighted by Crippen LogP contribution is -1.99. The highest BCUT2D eigenvalue weighted by molar-refractivity contribution is 6.31. The van der Waals surface area contributed by atoms with E-state index >= 15 is 0 Å². The SMILES string of the molecule is Nc1nc(-c2cccc(OCc3cccc(C(F)F)c3)c2)c2cc(Cl)ccc2n1. The number of alkyl halides is 2. The second-order valence-electron chi connectivity index (χ2n) is 6.45. The van der Waals surface area contributed by atoms with Gasteiger partial charge in [-0.05, 0) is 42.0 Å². The van der Waals surface area contributed by atoms with Crippen LogP contribution in [0.2, 0.25) is 5.02 Å². The number of fused-ring (bicyclic) bond motifs is 1. The molecule has 0 atom stereocenters. The van der Waals surface area contributed by atoms with Crippen LogP contribution in [0.5, 0.6) is 5.75 Å². The Kier molecular flexibility index (Phi) is 5.27. The number of nitrogen functional groups attached to an aromatic ring is 1. The fourth-order valence-corrected chi connectivity index (χ4v) is 3.23. The number of anilines is 1. The molecule has 3 aromatic carbocycles. The minimum absolute atomic E-state index is 0.0281. The number of halogens is 3. The molecule has 146 valence electrons. The first kappa shape index (κ1) is 19.1. The molecular formula is C22H16ClF2N3O. The molecule has 0 fully saturated rings. The molecule has 29 heavy (non-hydrogen) atoms. The van der Waals surface area contributed by atoms with E-state index in [2.05, 4.69) is 9.97 Å². The highest BCUT2D eigenvalue weighted by Gasteiger charge is 2.11. The Morgan fingerprint density at radius 3 is 2.62 bits per heavy atom. The molecule has 0 bridgehead atoms. The topological polar surface area (TPSA) is 61.0 Å². The van der Waals surface area contributed by atoms with Gasteiger partial charge < -0.3 is 10.5 Å². The van der Waals surface area contributed by atoms with E-state index in [0.29, 0.717) is 27.5 Å². The second-order valence-corrected chi connectivity index (χ2v) is 6.89. The zero-order valence-corrected chi connectivity index (χ0v) is 15.9. The van der Waals surface area contributed by atoms with E-state index < -0.39 is 6.43 Å². The van der Waals surface area contributed by atoms with Crippen molar-refractivity contribution in [2.24, 2.45) is 0 Å². The summed E-state index contributed by atoms with van der Waals surface area (Å²) in [7, 11) is 0. The molecule has 0 aliphatic rings. The molecule has 0 saturated carbocycles. The molecule has 0 unspecified atom stereocenters. The van der Waals surface area contributed by atoms with Gasteiger partial charge in [-0.3, -0.25) is 0 Å². The van der Waals surface area contributed by atoms with Crippen molar-refractivity contribution in [3.8, 4) is 17.0 Å². The average Bonchev–Trinajstić information content (AvgIpc) is 2.72. The number of ether oxygens (including phenoxy) is 1. The maximum Gasteiger partial charge on any atom is 0.263 e. The van der Waals surface area contributed by atoms with Crippen LogP contribution in [0.1, 0.15) is 17.6 Å². The lowest BCUT2D eigenvalue weighted by Gasteiger charge is -2.11. The van der Waals surface area contributed by atoms with Gasteiger partial charge in [-0.1, -0.05) is 41.9 Å². The number of benzene rings is 3. The summed E-state index contributed by atoms with van der Waals surface area (Å²) in [5.74, 6) is 0.738. The maximum atomic E-state index is 12.9. The third kappa shape index (κ3) is 4.27. The van der Waals surface area contributed by atoms with Gasteiger partial charge in [0.1, 0.15) is 12.4 Å². The van der Waals surface area contributed by atoms with Gasteiger partial charge in [0.2, 0.25) is 5.95 Å². The summed E-state index contributed by atoms with van der Waals surface area (Å²) in [6.45, 7) is 0.169. The molecule has 0 saturated heterocycles. The summed E-state index contributed by atoms with van der Waals surface area (Å²) < 4.78 is 31.5. The summed E-state index contributed by atoms with van der Waals surface area (Å²) in [6, 6.07) is 18.8. The molecule has 0 amide bonds. The first-order valence-electron chi connectivity index (χ1n) is 8.82. The number of hydrogen-bond acceptors (Lipinski definition) is 4. The largest absolute Gasteiger partial charge is 0.489 e. The van der Waals surface area contributed by atoms with Gasteiger partial charge in [-0.2, -0.15) is 0 Å². The molecular weight excluding hydrogens is 396 g/mol. The number of nitrogens with two attached hydrogens (primary N) is 1. The van der Waals surface area contributed by atoms with E-state index in [4.69, 9.17) is 22.1 Å². The van der Waals surface area contributed by atoms with Crippen LogP contribution in [-0.4, -0.2) is 9.97 Å². The third-order valence-electron chi connectivity index (χ3n) is 4.39. The molecule has 4 rings (SSSR count). The average molecular weight is 412 g/mol. The third-order valence-corrected chi connectivity index (χ3v) is 4.63. The standard InChI is InChI=1S/C22H16ClF2N3O/c23-16-7-8-19-18(11-16)20(28-22(26)27-19)14-4-2-6-17(10-14)29-12-13-3-1-5-15(9-13)21(24)25/h1-11,21H,12H2,(H2,26,27,28). The van der Waals surface area contributed by atoms with Crippen molar-refractivity contribution in [3.05, 3.63) is 82.9 Å². The van der Waals surface area contributed by atoms with Crippen molar-refractivity contribution >= 4 is 28.5 Å². The lowest BCUT2D eigenvalue weighted by atomic mass is 10.1. The highest BCUT2D eigenvalue weighted by atomic mass is 35.5. The van der Waals surface area contributed by atoms with E-state index in [0.717, 1.165) is 10.9 Å². The Labute approximate surface area is 170 Å². The Morgan fingerprint density at radius 1 is 0.966 bits per heavy atom. The van der Waals surface area contributed by atoms with E-state index in [1.165, 1.54) is 12.1 Å². The molecule has 0 spiro atoms. The minimum Gasteiger partial charge on any atom is -0.489 e. The molecule has 0 aliphatic heterocycles. The zero-order chi connectivity index (χ0) is 20.4. The van der Waals surface area contributed by atoms with Crippen LogP contribution >= 0.6 is 11.6 Å². The van der Waals surface area contributed by atoms with Crippen LogP contribution in [0.3, 0.4) is 0 Å². The Balaban J connectivity index is 1.64.